The van der Waals surface area contributed by atoms with Crippen molar-refractivity contribution in [1.82, 2.24) is 0 Å². The topological polar surface area (TPSA) is 13.1 Å². The minimum Gasteiger partial charge on any atom is -0.456 e. The van der Waals surface area contributed by atoms with E-state index in [2.05, 4.69) is 184 Å². The Bertz CT molecular complexity index is 3280. The Morgan fingerprint density at radius 1 is 0.463 bits per heavy atom. The Kier molecular flexibility index (Phi) is 6.92. The van der Waals surface area contributed by atoms with Gasteiger partial charge < -0.3 is 4.42 Å². The molecule has 0 amide bonds. The van der Waals surface area contributed by atoms with E-state index in [0.717, 1.165) is 22.1 Å². The third-order valence-electron chi connectivity index (χ3n) is 11.3. The van der Waals surface area contributed by atoms with Crippen LogP contribution in [-0.2, 0) is 0 Å². The van der Waals surface area contributed by atoms with Gasteiger partial charge in [-0.1, -0.05) is 140 Å². The summed E-state index contributed by atoms with van der Waals surface area (Å²) < 4.78 is 8.02. The van der Waals surface area contributed by atoms with Gasteiger partial charge in [-0.3, -0.25) is 0 Å². The van der Waals surface area contributed by atoms with Crippen LogP contribution in [0.2, 0.25) is 0 Å². The molecule has 254 valence electrons. The monoisotopic (exact) mass is 706 g/mol. The Labute approximate surface area is 317 Å². The first kappa shape index (κ1) is 31.1. The molecule has 0 aliphatic heterocycles. The first-order valence-corrected chi connectivity index (χ1v) is 19.4. The first-order valence-electron chi connectivity index (χ1n) is 18.6. The maximum atomic E-state index is 6.71. The molecule has 0 saturated heterocycles. The molecular weight excluding hydrogens is 673 g/mol. The van der Waals surface area contributed by atoms with Crippen LogP contribution in [0.5, 0.6) is 0 Å². The van der Waals surface area contributed by atoms with Crippen molar-refractivity contribution in [3.63, 3.8) is 0 Å². The van der Waals surface area contributed by atoms with Gasteiger partial charge in [0.05, 0.1) is 0 Å². The standard InChI is InChI=1S/C52H34OS/c1-3-13-35-31(2)54-49-30-45-33(28-46(35)49)23-27-47-52(45)44-24-22-34(29-48(44)53-47)50-39-18-9-11-20-41(39)51(42-21-12-10-19-40(42)50)43-26-25-36(32-14-5-4-6-15-32)37-16-7-8-17-38(37)43/h3-30H,1-2H3/b13-3-. The number of furan rings is 1. The number of hydrogen-bond donors (Lipinski definition) is 0. The van der Waals surface area contributed by atoms with Crippen molar-refractivity contribution in [1.29, 1.82) is 0 Å². The molecule has 2 aromatic heterocycles. The van der Waals surface area contributed by atoms with Gasteiger partial charge in [-0.2, -0.15) is 0 Å². The molecule has 0 fully saturated rings. The third kappa shape index (κ3) is 4.57. The first-order chi connectivity index (χ1) is 26.7. The van der Waals surface area contributed by atoms with Crippen LogP contribution >= 0.6 is 11.3 Å². The van der Waals surface area contributed by atoms with Gasteiger partial charge in [-0.25, -0.2) is 0 Å². The summed E-state index contributed by atoms with van der Waals surface area (Å²) in [7, 11) is 0. The van der Waals surface area contributed by atoms with Crippen LogP contribution < -0.4 is 0 Å². The highest BCUT2D eigenvalue weighted by atomic mass is 32.1. The van der Waals surface area contributed by atoms with Crippen molar-refractivity contribution in [2.45, 2.75) is 13.8 Å². The number of benzene rings is 9. The summed E-state index contributed by atoms with van der Waals surface area (Å²) in [6.07, 6.45) is 4.37. The third-order valence-corrected chi connectivity index (χ3v) is 12.4. The molecule has 0 unspecified atom stereocenters. The molecule has 0 N–H and O–H groups in total. The van der Waals surface area contributed by atoms with E-state index >= 15 is 0 Å². The van der Waals surface area contributed by atoms with E-state index in [-0.39, 0.29) is 0 Å². The number of allylic oxidation sites excluding steroid dienone is 1. The number of hydrogen-bond acceptors (Lipinski definition) is 2. The second-order valence-electron chi connectivity index (χ2n) is 14.3. The van der Waals surface area contributed by atoms with Crippen LogP contribution in [0.15, 0.2) is 168 Å². The Morgan fingerprint density at radius 2 is 1.09 bits per heavy atom. The van der Waals surface area contributed by atoms with Crippen molar-refractivity contribution in [2.75, 3.05) is 0 Å². The Balaban J connectivity index is 1.15. The van der Waals surface area contributed by atoms with E-state index in [1.807, 2.05) is 11.3 Å². The largest absolute Gasteiger partial charge is 0.456 e. The molecule has 0 aliphatic rings. The molecule has 0 spiro atoms. The van der Waals surface area contributed by atoms with Gasteiger partial charge in [0.2, 0.25) is 0 Å². The van der Waals surface area contributed by atoms with E-state index in [0.29, 0.717) is 0 Å². The summed E-state index contributed by atoms with van der Waals surface area (Å²) in [5.41, 5.74) is 10.5. The molecule has 0 aliphatic carbocycles. The number of rotatable bonds is 4. The summed E-state index contributed by atoms with van der Waals surface area (Å²) in [5.74, 6) is 0. The van der Waals surface area contributed by atoms with Gasteiger partial charge in [-0.05, 0) is 126 Å². The fourth-order valence-electron chi connectivity index (χ4n) is 8.98. The van der Waals surface area contributed by atoms with Gasteiger partial charge in [0, 0.05) is 25.7 Å². The molecule has 2 heterocycles. The van der Waals surface area contributed by atoms with E-state index in [1.54, 1.807) is 0 Å². The summed E-state index contributed by atoms with van der Waals surface area (Å²) >= 11 is 1.87. The van der Waals surface area contributed by atoms with Crippen LogP contribution in [0.1, 0.15) is 17.4 Å². The van der Waals surface area contributed by atoms with Crippen molar-refractivity contribution in [3.05, 3.63) is 174 Å². The Hall–Kier alpha value is -6.48. The van der Waals surface area contributed by atoms with E-state index in [1.165, 1.54) is 96.8 Å². The lowest BCUT2D eigenvalue weighted by molar-refractivity contribution is 0.669. The number of aryl methyl sites for hydroxylation is 1. The van der Waals surface area contributed by atoms with Crippen LogP contribution in [-0.4, -0.2) is 0 Å². The maximum Gasteiger partial charge on any atom is 0.136 e. The molecule has 11 rings (SSSR count). The van der Waals surface area contributed by atoms with Crippen LogP contribution in [0.25, 0.3) is 115 Å². The zero-order valence-corrected chi connectivity index (χ0v) is 30.8. The lowest BCUT2D eigenvalue weighted by atomic mass is 9.83. The summed E-state index contributed by atoms with van der Waals surface area (Å²) in [4.78, 5) is 1.35. The van der Waals surface area contributed by atoms with E-state index < -0.39 is 0 Å². The quantitative estimate of drug-likeness (QED) is 0.166. The highest BCUT2D eigenvalue weighted by molar-refractivity contribution is 7.19. The molecular formula is C52H34OS. The lowest BCUT2D eigenvalue weighted by Crippen LogP contribution is -1.92. The number of fused-ring (bicyclic) bond motifs is 9. The van der Waals surface area contributed by atoms with Crippen molar-refractivity contribution in [2.24, 2.45) is 0 Å². The fraction of sp³-hybridized carbons (Fsp3) is 0.0385. The molecule has 1 nitrogen and oxygen atoms in total. The minimum absolute atomic E-state index is 0.909. The Morgan fingerprint density at radius 3 is 1.80 bits per heavy atom. The van der Waals surface area contributed by atoms with Crippen molar-refractivity contribution in [3.8, 4) is 33.4 Å². The molecule has 11 aromatic rings. The predicted molar refractivity (Wildman–Crippen MR) is 235 cm³/mol. The predicted octanol–water partition coefficient (Wildman–Crippen LogP) is 15.8. The van der Waals surface area contributed by atoms with Gasteiger partial charge in [0.15, 0.2) is 0 Å². The lowest BCUT2D eigenvalue weighted by Gasteiger charge is -2.19. The highest BCUT2D eigenvalue weighted by Crippen LogP contribution is 2.48. The van der Waals surface area contributed by atoms with Gasteiger partial charge in [-0.15, -0.1) is 11.3 Å². The SMILES string of the molecule is C/C=C\c1c(C)sc2cc3c(ccc4oc5cc(-c6c7ccccc7c(-c7ccc(-c8ccccc8)c8ccccc78)c7ccccc67)ccc5c43)cc12. The average Bonchev–Trinajstić information content (AvgIpc) is 3.75. The molecule has 0 bridgehead atoms. The molecule has 2 heteroatoms. The summed E-state index contributed by atoms with van der Waals surface area (Å²) in [5, 5.41) is 13.6. The van der Waals surface area contributed by atoms with Crippen LogP contribution in [0, 0.1) is 6.92 Å². The van der Waals surface area contributed by atoms with Crippen molar-refractivity contribution < 1.29 is 4.42 Å². The van der Waals surface area contributed by atoms with Gasteiger partial charge in [0.25, 0.3) is 0 Å². The average molecular weight is 707 g/mol. The fourth-order valence-corrected chi connectivity index (χ4v) is 10.1. The molecule has 0 atom stereocenters. The summed E-state index contributed by atoms with van der Waals surface area (Å²) in [6, 6.07) is 58.0. The second kappa shape index (κ2) is 12.0. The molecule has 54 heavy (non-hydrogen) atoms. The molecule has 9 aromatic carbocycles. The second-order valence-corrected chi connectivity index (χ2v) is 15.6. The minimum atomic E-state index is 0.909. The van der Waals surface area contributed by atoms with E-state index in [9.17, 15) is 0 Å². The zero-order valence-electron chi connectivity index (χ0n) is 30.0. The maximum absolute atomic E-state index is 6.71. The molecule has 0 radical (unpaired) electrons. The number of thiophene rings is 1. The normalized spacial score (nSPS) is 12.2. The van der Waals surface area contributed by atoms with Gasteiger partial charge >= 0.3 is 0 Å². The van der Waals surface area contributed by atoms with Gasteiger partial charge in [0.1, 0.15) is 11.2 Å². The smallest absolute Gasteiger partial charge is 0.136 e. The summed E-state index contributed by atoms with van der Waals surface area (Å²) in [6.45, 7) is 4.31. The zero-order chi connectivity index (χ0) is 35.9. The molecule has 0 saturated carbocycles. The van der Waals surface area contributed by atoms with Crippen LogP contribution in [0.4, 0.5) is 0 Å². The van der Waals surface area contributed by atoms with Crippen LogP contribution in [0.3, 0.4) is 0 Å². The highest BCUT2D eigenvalue weighted by Gasteiger charge is 2.20. The van der Waals surface area contributed by atoms with E-state index in [4.69, 9.17) is 4.42 Å². The van der Waals surface area contributed by atoms with Crippen molar-refractivity contribution >= 4 is 92.5 Å².